The van der Waals surface area contributed by atoms with Crippen LogP contribution in [0, 0.1) is 0 Å². The van der Waals surface area contributed by atoms with Crippen LogP contribution in [0.3, 0.4) is 0 Å². The first-order chi connectivity index (χ1) is 17.3. The van der Waals surface area contributed by atoms with Crippen molar-refractivity contribution < 1.29 is 27.5 Å². The van der Waals surface area contributed by atoms with E-state index in [0.717, 1.165) is 10.2 Å². The molecule has 0 unspecified atom stereocenters. The van der Waals surface area contributed by atoms with E-state index in [1.807, 2.05) is 23.6 Å². The monoisotopic (exact) mass is 532 g/mol. The Balaban J connectivity index is 1.64. The molecule has 0 atom stereocenters. The highest BCUT2D eigenvalue weighted by Crippen LogP contribution is 2.23. The third-order valence-corrected chi connectivity index (χ3v) is 8.53. The van der Waals surface area contributed by atoms with Gasteiger partial charge >= 0.3 is 0 Å². The smallest absolute Gasteiger partial charge is 0.279 e. The zero-order chi connectivity index (χ0) is 25.7. The normalized spacial score (nSPS) is 15.3. The zero-order valence-electron chi connectivity index (χ0n) is 20.1. The third-order valence-electron chi connectivity index (χ3n) is 5.57. The molecule has 12 heteroatoms. The van der Waals surface area contributed by atoms with Gasteiger partial charge in [-0.1, -0.05) is 11.3 Å². The number of hydrogen-bond acceptors (Lipinski definition) is 7. The summed E-state index contributed by atoms with van der Waals surface area (Å²) < 4.78 is 40.6. The minimum Gasteiger partial charge on any atom is -0.380 e. The number of morpholine rings is 1. The number of nitrogens with zero attached hydrogens (tertiary/aromatic N) is 3. The second-order valence-electron chi connectivity index (χ2n) is 8.05. The Hall–Kier alpha value is -2.90. The molecule has 2 aromatic carbocycles. The molecule has 0 bridgehead atoms. The van der Waals surface area contributed by atoms with E-state index >= 15 is 0 Å². The lowest BCUT2D eigenvalue weighted by molar-refractivity contribution is -0.114. The summed E-state index contributed by atoms with van der Waals surface area (Å²) in [7, 11) is -3.65. The largest absolute Gasteiger partial charge is 0.380 e. The van der Waals surface area contributed by atoms with E-state index in [1.165, 1.54) is 46.8 Å². The number of rotatable bonds is 8. The summed E-state index contributed by atoms with van der Waals surface area (Å²) in [4.78, 5) is 29.4. The number of nitrogens with one attached hydrogen (secondary N) is 1. The molecule has 3 aromatic rings. The van der Waals surface area contributed by atoms with Crippen molar-refractivity contribution in [3.05, 3.63) is 52.8 Å². The molecule has 1 saturated heterocycles. The Bertz CT molecular complexity index is 1420. The van der Waals surface area contributed by atoms with E-state index < -0.39 is 15.9 Å². The molecular weight excluding hydrogens is 504 g/mol. The molecule has 1 fully saturated rings. The number of carbonyl (C=O) groups excluding carboxylic acids is 2. The maximum absolute atomic E-state index is 13.0. The van der Waals surface area contributed by atoms with Gasteiger partial charge in [0.1, 0.15) is 0 Å². The van der Waals surface area contributed by atoms with Crippen molar-refractivity contribution in [2.24, 2.45) is 4.99 Å². The fraction of sp³-hybridized carbons (Fsp3) is 0.375. The molecule has 192 valence electrons. The molecule has 1 N–H and O–H groups in total. The SMILES string of the molecule is CCOCCn1c(=NC(=O)c2ccc(S(=O)(=O)N3CCOCC3)cc2)sc2cc(NC(C)=O)ccc21. The van der Waals surface area contributed by atoms with E-state index in [2.05, 4.69) is 10.3 Å². The second-order valence-corrected chi connectivity index (χ2v) is 11.0. The second kappa shape index (κ2) is 11.4. The number of aromatic nitrogens is 1. The number of amides is 2. The Morgan fingerprint density at radius 3 is 2.53 bits per heavy atom. The van der Waals surface area contributed by atoms with E-state index in [4.69, 9.17) is 9.47 Å². The van der Waals surface area contributed by atoms with Crippen molar-refractivity contribution in [2.45, 2.75) is 25.3 Å². The van der Waals surface area contributed by atoms with Gasteiger partial charge in [-0.05, 0) is 49.4 Å². The van der Waals surface area contributed by atoms with Gasteiger partial charge in [0, 0.05) is 44.4 Å². The van der Waals surface area contributed by atoms with Crippen molar-refractivity contribution in [3.63, 3.8) is 0 Å². The Kier molecular flexibility index (Phi) is 8.32. The molecule has 2 amide bonds. The molecule has 1 aromatic heterocycles. The lowest BCUT2D eigenvalue weighted by atomic mass is 10.2. The van der Waals surface area contributed by atoms with Gasteiger partial charge in [-0.2, -0.15) is 9.30 Å². The van der Waals surface area contributed by atoms with E-state index in [9.17, 15) is 18.0 Å². The van der Waals surface area contributed by atoms with Crippen LogP contribution in [0.15, 0.2) is 52.4 Å². The summed E-state index contributed by atoms with van der Waals surface area (Å²) in [6.07, 6.45) is 0. The van der Waals surface area contributed by atoms with Gasteiger partial charge in [-0.3, -0.25) is 9.59 Å². The summed E-state index contributed by atoms with van der Waals surface area (Å²) >= 11 is 1.33. The van der Waals surface area contributed by atoms with Crippen LogP contribution in [-0.2, 0) is 30.8 Å². The molecule has 0 radical (unpaired) electrons. The number of thiazole rings is 1. The van der Waals surface area contributed by atoms with Crippen LogP contribution in [0.4, 0.5) is 5.69 Å². The van der Waals surface area contributed by atoms with E-state index in [1.54, 1.807) is 6.07 Å². The molecular formula is C24H28N4O6S2. The number of carbonyl (C=O) groups is 2. The number of hydrogen-bond donors (Lipinski definition) is 1. The summed E-state index contributed by atoms with van der Waals surface area (Å²) in [5, 5.41) is 2.76. The highest BCUT2D eigenvalue weighted by molar-refractivity contribution is 7.89. The maximum atomic E-state index is 13.0. The molecule has 1 aliphatic heterocycles. The number of benzene rings is 2. The van der Waals surface area contributed by atoms with Crippen molar-refractivity contribution in [2.75, 3.05) is 44.8 Å². The van der Waals surface area contributed by atoms with Crippen LogP contribution < -0.4 is 10.1 Å². The topological polar surface area (TPSA) is 119 Å². The molecule has 0 aliphatic carbocycles. The van der Waals surface area contributed by atoms with Crippen molar-refractivity contribution >= 4 is 49.1 Å². The first-order valence-corrected chi connectivity index (χ1v) is 13.8. The first kappa shape index (κ1) is 26.2. The van der Waals surface area contributed by atoms with Gasteiger partial charge in [0.15, 0.2) is 4.80 Å². The molecule has 4 rings (SSSR count). The van der Waals surface area contributed by atoms with E-state index in [-0.39, 0.29) is 16.4 Å². The highest BCUT2D eigenvalue weighted by Gasteiger charge is 2.26. The maximum Gasteiger partial charge on any atom is 0.279 e. The van der Waals surface area contributed by atoms with Gasteiger partial charge in [0.2, 0.25) is 15.9 Å². The van der Waals surface area contributed by atoms with Crippen LogP contribution >= 0.6 is 11.3 Å². The zero-order valence-corrected chi connectivity index (χ0v) is 21.7. The van der Waals surface area contributed by atoms with Crippen LogP contribution in [0.1, 0.15) is 24.2 Å². The van der Waals surface area contributed by atoms with Crippen LogP contribution in [0.2, 0.25) is 0 Å². The molecule has 10 nitrogen and oxygen atoms in total. The van der Waals surface area contributed by atoms with Crippen LogP contribution in [0.5, 0.6) is 0 Å². The lowest BCUT2D eigenvalue weighted by Gasteiger charge is -2.26. The third kappa shape index (κ3) is 5.90. The molecule has 2 heterocycles. The van der Waals surface area contributed by atoms with Crippen LogP contribution in [0.25, 0.3) is 10.2 Å². The standard InChI is InChI=1S/C24H28N4O6S2/c1-3-33-15-12-28-21-9-6-19(25-17(2)29)16-22(21)35-24(28)26-23(30)18-4-7-20(8-5-18)36(31,32)27-10-13-34-14-11-27/h4-9,16H,3,10-15H2,1-2H3,(H,25,29). The summed E-state index contributed by atoms with van der Waals surface area (Å²) in [5.41, 5.74) is 1.80. The minimum atomic E-state index is -3.65. The molecule has 0 saturated carbocycles. The number of anilines is 1. The van der Waals surface area contributed by atoms with Crippen molar-refractivity contribution in [1.29, 1.82) is 0 Å². The average Bonchev–Trinajstić information content (AvgIpc) is 3.20. The summed E-state index contributed by atoms with van der Waals surface area (Å²) in [6.45, 7) is 6.19. The van der Waals surface area contributed by atoms with Gasteiger partial charge in [-0.15, -0.1) is 0 Å². The number of fused-ring (bicyclic) bond motifs is 1. The van der Waals surface area contributed by atoms with Gasteiger partial charge in [0.25, 0.3) is 5.91 Å². The van der Waals surface area contributed by atoms with E-state index in [0.29, 0.717) is 56.6 Å². The molecule has 1 aliphatic rings. The number of ether oxygens (including phenoxy) is 2. The minimum absolute atomic E-state index is 0.125. The molecule has 0 spiro atoms. The van der Waals surface area contributed by atoms with Gasteiger partial charge in [-0.25, -0.2) is 8.42 Å². The van der Waals surface area contributed by atoms with Crippen LogP contribution in [-0.4, -0.2) is 68.6 Å². The fourth-order valence-electron chi connectivity index (χ4n) is 3.81. The quantitative estimate of drug-likeness (QED) is 0.445. The van der Waals surface area contributed by atoms with Gasteiger partial charge in [0.05, 0.1) is 34.9 Å². The predicted molar refractivity (Wildman–Crippen MR) is 137 cm³/mol. The lowest BCUT2D eigenvalue weighted by Crippen LogP contribution is -2.40. The average molecular weight is 533 g/mol. The summed E-state index contributed by atoms with van der Waals surface area (Å²) in [6, 6.07) is 11.3. The number of sulfonamides is 1. The molecule has 36 heavy (non-hydrogen) atoms. The Labute approximate surface area is 213 Å². The first-order valence-electron chi connectivity index (χ1n) is 11.6. The highest BCUT2D eigenvalue weighted by atomic mass is 32.2. The van der Waals surface area contributed by atoms with Crippen molar-refractivity contribution in [3.8, 4) is 0 Å². The van der Waals surface area contributed by atoms with Crippen molar-refractivity contribution in [1.82, 2.24) is 8.87 Å². The summed E-state index contributed by atoms with van der Waals surface area (Å²) in [5.74, 6) is -0.654. The Morgan fingerprint density at radius 1 is 1.14 bits per heavy atom. The van der Waals surface area contributed by atoms with Gasteiger partial charge < -0.3 is 19.4 Å². The fourth-order valence-corrected chi connectivity index (χ4v) is 6.31. The Morgan fingerprint density at radius 2 is 1.86 bits per heavy atom. The predicted octanol–water partition coefficient (Wildman–Crippen LogP) is 2.46.